The van der Waals surface area contributed by atoms with Crippen LogP contribution >= 0.6 is 24.0 Å². The molecule has 1 aromatic carbocycles. The molecule has 2 aliphatic heterocycles. The lowest BCUT2D eigenvalue weighted by Crippen LogP contribution is -2.50. The first-order valence-corrected chi connectivity index (χ1v) is 9.89. The third kappa shape index (κ3) is 6.73. The molecule has 0 saturated carbocycles. The summed E-state index contributed by atoms with van der Waals surface area (Å²) in [6.45, 7) is 9.58. The summed E-state index contributed by atoms with van der Waals surface area (Å²) in [5.41, 5.74) is 1.02. The van der Waals surface area contributed by atoms with Gasteiger partial charge in [-0.3, -0.25) is 9.89 Å². The molecule has 0 bridgehead atoms. The molecule has 0 aliphatic carbocycles. The van der Waals surface area contributed by atoms with E-state index >= 15 is 0 Å². The van der Waals surface area contributed by atoms with Crippen LogP contribution in [0.2, 0.25) is 0 Å². The Bertz CT molecular complexity index is 614. The zero-order chi connectivity index (χ0) is 19.1. The van der Waals surface area contributed by atoms with E-state index in [1.165, 1.54) is 12.1 Å². The van der Waals surface area contributed by atoms with Crippen LogP contribution in [0.25, 0.3) is 0 Å². The number of halogens is 2. The summed E-state index contributed by atoms with van der Waals surface area (Å²) >= 11 is 0. The van der Waals surface area contributed by atoms with Crippen molar-refractivity contribution in [2.75, 3.05) is 64.4 Å². The molecule has 0 amide bonds. The van der Waals surface area contributed by atoms with Crippen LogP contribution in [-0.2, 0) is 4.74 Å². The minimum atomic E-state index is -0.182. The average Bonchev–Trinajstić information content (AvgIpc) is 3.12. The Morgan fingerprint density at radius 2 is 1.89 bits per heavy atom. The predicted molar refractivity (Wildman–Crippen MR) is 123 cm³/mol. The number of piperazine rings is 1. The molecule has 0 radical (unpaired) electrons. The van der Waals surface area contributed by atoms with Crippen LogP contribution in [0.5, 0.6) is 0 Å². The normalized spacial score (nSPS) is 23.4. The highest BCUT2D eigenvalue weighted by Gasteiger charge is 2.29. The Balaban J connectivity index is 0.00000280. The maximum absolute atomic E-state index is 13.1. The van der Waals surface area contributed by atoms with Crippen molar-refractivity contribution < 1.29 is 9.13 Å². The lowest BCUT2D eigenvalue weighted by Gasteiger charge is -2.36. The molecular formula is C20H33FIN5O. The molecule has 2 fully saturated rings. The summed E-state index contributed by atoms with van der Waals surface area (Å²) in [4.78, 5) is 9.06. The van der Waals surface area contributed by atoms with Gasteiger partial charge in [-0.2, -0.15) is 0 Å². The molecule has 0 spiro atoms. The van der Waals surface area contributed by atoms with Crippen molar-refractivity contribution in [3.63, 3.8) is 0 Å². The van der Waals surface area contributed by atoms with Crippen LogP contribution in [0.1, 0.15) is 19.8 Å². The molecule has 2 aliphatic rings. The lowest BCUT2D eigenvalue weighted by atomic mass is 10.0. The summed E-state index contributed by atoms with van der Waals surface area (Å²) in [7, 11) is 1.80. The monoisotopic (exact) mass is 505 g/mol. The number of anilines is 1. The number of nitrogens with one attached hydrogen (secondary N) is 2. The van der Waals surface area contributed by atoms with Crippen LogP contribution in [0.3, 0.4) is 0 Å². The molecule has 2 heterocycles. The van der Waals surface area contributed by atoms with E-state index in [4.69, 9.17) is 4.74 Å². The molecule has 1 atom stereocenters. The zero-order valence-electron chi connectivity index (χ0n) is 16.9. The second-order valence-corrected chi connectivity index (χ2v) is 7.56. The number of hydrogen-bond donors (Lipinski definition) is 2. The third-order valence-corrected chi connectivity index (χ3v) is 5.44. The number of aliphatic imine (C=N–C) groups is 1. The van der Waals surface area contributed by atoms with Gasteiger partial charge in [-0.1, -0.05) is 0 Å². The average molecular weight is 505 g/mol. The van der Waals surface area contributed by atoms with E-state index in [0.717, 1.165) is 76.9 Å². The van der Waals surface area contributed by atoms with Gasteiger partial charge in [0.15, 0.2) is 5.96 Å². The molecule has 6 nitrogen and oxygen atoms in total. The van der Waals surface area contributed by atoms with Crippen LogP contribution in [-0.4, -0.2) is 75.9 Å². The Morgan fingerprint density at radius 3 is 2.50 bits per heavy atom. The number of rotatable bonds is 6. The Labute approximate surface area is 184 Å². The maximum Gasteiger partial charge on any atom is 0.191 e. The zero-order valence-corrected chi connectivity index (χ0v) is 19.2. The molecule has 3 rings (SSSR count). The summed E-state index contributed by atoms with van der Waals surface area (Å²) in [5.74, 6) is 0.649. The number of ether oxygens (including phenoxy) is 1. The van der Waals surface area contributed by atoms with Crippen molar-refractivity contribution in [1.29, 1.82) is 0 Å². The van der Waals surface area contributed by atoms with Crippen molar-refractivity contribution >= 4 is 35.6 Å². The van der Waals surface area contributed by atoms with Crippen LogP contribution in [0.4, 0.5) is 10.1 Å². The summed E-state index contributed by atoms with van der Waals surface area (Å²) in [6, 6.07) is 6.77. The molecule has 28 heavy (non-hydrogen) atoms. The molecule has 1 aromatic rings. The van der Waals surface area contributed by atoms with Crippen molar-refractivity contribution in [2.24, 2.45) is 4.99 Å². The smallest absolute Gasteiger partial charge is 0.191 e. The summed E-state index contributed by atoms with van der Waals surface area (Å²) < 4.78 is 18.9. The number of benzene rings is 1. The summed E-state index contributed by atoms with van der Waals surface area (Å²) in [6.07, 6.45) is 2.23. The van der Waals surface area contributed by atoms with Gasteiger partial charge in [0.25, 0.3) is 0 Å². The first-order chi connectivity index (χ1) is 13.1. The van der Waals surface area contributed by atoms with Gasteiger partial charge in [0, 0.05) is 65.2 Å². The molecule has 2 saturated heterocycles. The topological polar surface area (TPSA) is 52.1 Å². The van der Waals surface area contributed by atoms with Gasteiger partial charge < -0.3 is 20.3 Å². The first-order valence-electron chi connectivity index (χ1n) is 9.89. The lowest BCUT2D eigenvalue weighted by molar-refractivity contribution is 0.0243. The number of hydrogen-bond acceptors (Lipinski definition) is 4. The highest BCUT2D eigenvalue weighted by molar-refractivity contribution is 14.0. The van der Waals surface area contributed by atoms with Gasteiger partial charge in [0.1, 0.15) is 5.82 Å². The fourth-order valence-corrected chi connectivity index (χ4v) is 3.68. The van der Waals surface area contributed by atoms with Gasteiger partial charge in [0.05, 0.1) is 5.60 Å². The van der Waals surface area contributed by atoms with Crippen molar-refractivity contribution in [3.8, 4) is 0 Å². The highest BCUT2D eigenvalue weighted by Crippen LogP contribution is 2.23. The maximum atomic E-state index is 13.1. The van der Waals surface area contributed by atoms with E-state index in [9.17, 15) is 4.39 Å². The van der Waals surface area contributed by atoms with E-state index in [1.54, 1.807) is 7.05 Å². The molecule has 2 N–H and O–H groups in total. The van der Waals surface area contributed by atoms with E-state index < -0.39 is 0 Å². The van der Waals surface area contributed by atoms with Gasteiger partial charge in [-0.15, -0.1) is 24.0 Å². The van der Waals surface area contributed by atoms with Gasteiger partial charge >= 0.3 is 0 Å². The molecular weight excluding hydrogens is 472 g/mol. The molecule has 0 aromatic heterocycles. The van der Waals surface area contributed by atoms with Crippen molar-refractivity contribution in [1.82, 2.24) is 15.5 Å². The SMILES string of the molecule is CN=C(NCCN1CCN(c2ccc(F)cc2)CC1)NCC1(C)CCCO1.I. The minimum absolute atomic E-state index is 0. The molecule has 8 heteroatoms. The third-order valence-electron chi connectivity index (χ3n) is 5.44. The van der Waals surface area contributed by atoms with E-state index in [1.807, 2.05) is 12.1 Å². The van der Waals surface area contributed by atoms with Crippen molar-refractivity contribution in [2.45, 2.75) is 25.4 Å². The van der Waals surface area contributed by atoms with Gasteiger partial charge in [0.2, 0.25) is 0 Å². The Morgan fingerprint density at radius 1 is 1.18 bits per heavy atom. The fraction of sp³-hybridized carbons (Fsp3) is 0.650. The molecule has 158 valence electrons. The van der Waals surface area contributed by atoms with Gasteiger partial charge in [-0.05, 0) is 44.0 Å². The second kappa shape index (κ2) is 11.2. The Kier molecular flexibility index (Phi) is 9.23. The van der Waals surface area contributed by atoms with Crippen LogP contribution in [0, 0.1) is 5.82 Å². The van der Waals surface area contributed by atoms with E-state index in [-0.39, 0.29) is 35.4 Å². The van der Waals surface area contributed by atoms with E-state index in [0.29, 0.717) is 0 Å². The Hall–Kier alpha value is -1.13. The quantitative estimate of drug-likeness (QED) is 0.353. The fourth-order valence-electron chi connectivity index (χ4n) is 3.68. The van der Waals surface area contributed by atoms with Gasteiger partial charge in [-0.25, -0.2) is 4.39 Å². The number of nitrogens with zero attached hydrogens (tertiary/aromatic N) is 3. The summed E-state index contributed by atoms with van der Waals surface area (Å²) in [5, 5.41) is 6.77. The standard InChI is InChI=1S/C20H32FN5O.HI/c1-20(8-3-15-27-20)16-24-19(22-2)23-9-10-25-11-13-26(14-12-25)18-6-4-17(21)5-7-18;/h4-7H,3,8-16H2,1-2H3,(H2,22,23,24);1H. The van der Waals surface area contributed by atoms with Crippen LogP contribution < -0.4 is 15.5 Å². The number of guanidine groups is 1. The highest BCUT2D eigenvalue weighted by atomic mass is 127. The molecule has 1 unspecified atom stereocenters. The van der Waals surface area contributed by atoms with E-state index in [2.05, 4.69) is 32.3 Å². The predicted octanol–water partition coefficient (Wildman–Crippen LogP) is 2.30. The second-order valence-electron chi connectivity index (χ2n) is 7.56. The van der Waals surface area contributed by atoms with Crippen molar-refractivity contribution in [3.05, 3.63) is 30.1 Å². The first kappa shape index (κ1) is 23.2. The van der Waals surface area contributed by atoms with Crippen LogP contribution in [0.15, 0.2) is 29.3 Å². The largest absolute Gasteiger partial charge is 0.373 e. The minimum Gasteiger partial charge on any atom is -0.373 e.